The molecule has 2 unspecified atom stereocenters. The lowest BCUT2D eigenvalue weighted by Gasteiger charge is -2.32. The molecule has 3 heterocycles. The number of nitrogens with zero attached hydrogens (tertiary/aromatic N) is 2. The number of piperidine rings is 1. The molecule has 59 heavy (non-hydrogen) atoms. The minimum absolute atomic E-state index is 0.00710. The van der Waals surface area contributed by atoms with E-state index in [9.17, 15) is 18.0 Å². The van der Waals surface area contributed by atoms with Crippen molar-refractivity contribution in [3.05, 3.63) is 119 Å². The molecule has 3 fully saturated rings. The zero-order chi connectivity index (χ0) is 42.0. The number of carbonyl (C=O) groups is 1. The molecule has 0 saturated carbocycles. The largest absolute Gasteiger partial charge is 0.489 e. The van der Waals surface area contributed by atoms with E-state index in [0.29, 0.717) is 86.1 Å². The SMILES string of the molecule is C/C=C(\C=C/C(=C/CCC)OC1CCCN(C/C=C/C(=O)N2CCOCC2)C1)C(=C(/CC(F)(F)F)c1ccccc1)/c1ccc(NC2CCCCO2)c(/C(F)=C/CC)c1. The molecular formula is C48H61F4N3O4. The third kappa shape index (κ3) is 14.4. The second-order valence-corrected chi connectivity index (χ2v) is 15.2. The van der Waals surface area contributed by atoms with Crippen LogP contribution < -0.4 is 5.32 Å². The number of morpholine rings is 1. The average molecular weight is 820 g/mol. The molecule has 3 saturated heterocycles. The predicted molar refractivity (Wildman–Crippen MR) is 230 cm³/mol. The molecule has 3 aliphatic heterocycles. The fourth-order valence-corrected chi connectivity index (χ4v) is 7.63. The summed E-state index contributed by atoms with van der Waals surface area (Å²) < 4.78 is 77.7. The highest BCUT2D eigenvalue weighted by atomic mass is 19.4. The molecule has 1 N–H and O–H groups in total. The summed E-state index contributed by atoms with van der Waals surface area (Å²) in [7, 11) is 0. The van der Waals surface area contributed by atoms with E-state index >= 15 is 4.39 Å². The van der Waals surface area contributed by atoms with E-state index in [4.69, 9.17) is 14.2 Å². The second kappa shape index (κ2) is 23.4. The Morgan fingerprint density at radius 2 is 1.73 bits per heavy atom. The number of hydrogen-bond donors (Lipinski definition) is 1. The van der Waals surface area contributed by atoms with Crippen LogP contribution in [0.3, 0.4) is 0 Å². The van der Waals surface area contributed by atoms with Crippen molar-refractivity contribution in [3.63, 3.8) is 0 Å². The number of ether oxygens (including phenoxy) is 3. The zero-order valence-electron chi connectivity index (χ0n) is 34.9. The van der Waals surface area contributed by atoms with Gasteiger partial charge in [-0.05, 0) is 117 Å². The summed E-state index contributed by atoms with van der Waals surface area (Å²) in [5.74, 6) is 0.171. The topological polar surface area (TPSA) is 63.3 Å². The van der Waals surface area contributed by atoms with Crippen LogP contribution in [0.5, 0.6) is 0 Å². The van der Waals surface area contributed by atoms with Gasteiger partial charge < -0.3 is 24.4 Å². The third-order valence-electron chi connectivity index (χ3n) is 10.6. The van der Waals surface area contributed by atoms with Crippen LogP contribution in [-0.4, -0.2) is 86.8 Å². The first-order valence-electron chi connectivity index (χ1n) is 21.3. The Hall–Kier alpha value is -4.45. The number of unbranched alkanes of at least 4 members (excludes halogenated alkanes) is 1. The maximum atomic E-state index is 16.0. The van der Waals surface area contributed by atoms with Crippen LogP contribution >= 0.6 is 0 Å². The molecule has 11 heteroatoms. The number of carbonyl (C=O) groups excluding carboxylic acids is 1. The van der Waals surface area contributed by atoms with Gasteiger partial charge in [-0.15, -0.1) is 0 Å². The van der Waals surface area contributed by atoms with E-state index < -0.39 is 18.4 Å². The van der Waals surface area contributed by atoms with Gasteiger partial charge in [-0.1, -0.05) is 74.9 Å². The Labute approximate surface area is 348 Å². The average Bonchev–Trinajstić information content (AvgIpc) is 3.24. The van der Waals surface area contributed by atoms with E-state index in [1.807, 2.05) is 31.2 Å². The van der Waals surface area contributed by atoms with Gasteiger partial charge in [0.25, 0.3) is 0 Å². The third-order valence-corrected chi connectivity index (χ3v) is 10.6. The summed E-state index contributed by atoms with van der Waals surface area (Å²) in [4.78, 5) is 16.7. The highest BCUT2D eigenvalue weighted by molar-refractivity contribution is 6.00. The van der Waals surface area contributed by atoms with Crippen LogP contribution in [0.2, 0.25) is 0 Å². The number of alkyl halides is 3. The van der Waals surface area contributed by atoms with Gasteiger partial charge in [-0.2, -0.15) is 13.2 Å². The summed E-state index contributed by atoms with van der Waals surface area (Å²) in [6, 6.07) is 13.8. The number of hydrogen-bond acceptors (Lipinski definition) is 6. The van der Waals surface area contributed by atoms with E-state index in [0.717, 1.165) is 51.5 Å². The quantitative estimate of drug-likeness (QED) is 0.0564. The van der Waals surface area contributed by atoms with Gasteiger partial charge in [0.05, 0.1) is 19.6 Å². The summed E-state index contributed by atoms with van der Waals surface area (Å²) in [6.45, 7) is 10.8. The molecule has 1 amide bonds. The van der Waals surface area contributed by atoms with Crippen LogP contribution in [0.15, 0.2) is 102 Å². The Balaban J connectivity index is 1.48. The molecule has 0 radical (unpaired) electrons. The Morgan fingerprint density at radius 1 is 0.932 bits per heavy atom. The fraction of sp³-hybridized carbons (Fsp3) is 0.479. The standard InChI is InChI=1S/C48H61F4N3O4/c1-4-7-18-39(59-40-19-13-26-54(35-40)27-14-21-46(56)55-28-31-57-32-29-55)24-22-36(6-3)47(42(34-48(50,51)52)37-16-9-8-10-17-37)38-23-25-44(41(33-38)43(49)15-5-2)53-45-20-11-12-30-58-45/h6,8-10,14-18,21-25,33,40,45,53H,4-5,7,11-13,19-20,26-32,34-35H2,1-3H3/b21-14+,24-22-,36-6+,39-18-,43-15-,47-42+. The maximum Gasteiger partial charge on any atom is 0.393 e. The summed E-state index contributed by atoms with van der Waals surface area (Å²) in [6.07, 6.45) is 13.0. The van der Waals surface area contributed by atoms with Gasteiger partial charge in [-0.3, -0.25) is 9.69 Å². The number of allylic oxidation sites excluding steroid dienone is 8. The van der Waals surface area contributed by atoms with E-state index in [-0.39, 0.29) is 29.4 Å². The Morgan fingerprint density at radius 3 is 2.42 bits per heavy atom. The van der Waals surface area contributed by atoms with Crippen molar-refractivity contribution >= 4 is 28.6 Å². The normalized spacial score (nSPS) is 20.9. The molecule has 0 spiro atoms. The van der Waals surface area contributed by atoms with Crippen molar-refractivity contribution in [1.82, 2.24) is 9.80 Å². The zero-order valence-corrected chi connectivity index (χ0v) is 34.9. The van der Waals surface area contributed by atoms with Crippen molar-refractivity contribution < 1.29 is 36.6 Å². The molecule has 2 aromatic rings. The number of benzene rings is 2. The fourth-order valence-electron chi connectivity index (χ4n) is 7.63. The lowest BCUT2D eigenvalue weighted by atomic mass is 9.86. The first kappa shape index (κ1) is 45.6. The van der Waals surface area contributed by atoms with Gasteiger partial charge in [0.1, 0.15) is 23.9 Å². The van der Waals surface area contributed by atoms with Gasteiger partial charge in [0.15, 0.2) is 0 Å². The molecule has 0 aliphatic carbocycles. The summed E-state index contributed by atoms with van der Waals surface area (Å²) >= 11 is 0. The number of likely N-dealkylation sites (tertiary alicyclic amines) is 1. The van der Waals surface area contributed by atoms with Gasteiger partial charge in [0, 0.05) is 50.1 Å². The first-order valence-corrected chi connectivity index (χ1v) is 21.3. The lowest BCUT2D eigenvalue weighted by molar-refractivity contribution is -0.130. The predicted octanol–water partition coefficient (Wildman–Crippen LogP) is 11.3. The van der Waals surface area contributed by atoms with E-state index in [1.54, 1.807) is 72.5 Å². The highest BCUT2D eigenvalue weighted by Crippen LogP contribution is 2.42. The molecule has 5 rings (SSSR count). The molecule has 2 atom stereocenters. The Kier molecular flexibility index (Phi) is 18.1. The first-order chi connectivity index (χ1) is 28.6. The van der Waals surface area contributed by atoms with Crippen LogP contribution in [-0.2, 0) is 19.0 Å². The van der Waals surface area contributed by atoms with Gasteiger partial charge in [0.2, 0.25) is 5.91 Å². The number of amides is 1. The van der Waals surface area contributed by atoms with Crippen molar-refractivity contribution in [2.24, 2.45) is 0 Å². The van der Waals surface area contributed by atoms with Crippen LogP contribution in [0.1, 0.15) is 95.2 Å². The smallest absolute Gasteiger partial charge is 0.393 e. The second-order valence-electron chi connectivity index (χ2n) is 15.2. The molecule has 2 aromatic carbocycles. The van der Waals surface area contributed by atoms with E-state index in [2.05, 4.69) is 17.1 Å². The van der Waals surface area contributed by atoms with Crippen molar-refractivity contribution in [2.75, 3.05) is 57.9 Å². The van der Waals surface area contributed by atoms with Crippen LogP contribution in [0, 0.1) is 0 Å². The highest BCUT2D eigenvalue weighted by Gasteiger charge is 2.32. The van der Waals surface area contributed by atoms with Gasteiger partial charge in [-0.25, -0.2) is 4.39 Å². The molecular weight excluding hydrogens is 759 g/mol. The maximum absolute atomic E-state index is 16.0. The number of anilines is 1. The van der Waals surface area contributed by atoms with E-state index in [1.165, 1.54) is 6.08 Å². The monoisotopic (exact) mass is 819 g/mol. The van der Waals surface area contributed by atoms with Crippen molar-refractivity contribution in [3.8, 4) is 0 Å². The summed E-state index contributed by atoms with van der Waals surface area (Å²) in [5, 5.41) is 3.35. The number of rotatable bonds is 17. The molecule has 320 valence electrons. The van der Waals surface area contributed by atoms with Crippen molar-refractivity contribution in [1.29, 1.82) is 0 Å². The minimum atomic E-state index is -4.53. The van der Waals surface area contributed by atoms with Gasteiger partial charge >= 0.3 is 6.18 Å². The van der Waals surface area contributed by atoms with Crippen LogP contribution in [0.4, 0.5) is 23.2 Å². The molecule has 0 bridgehead atoms. The number of nitrogens with one attached hydrogen (secondary N) is 1. The molecule has 3 aliphatic rings. The van der Waals surface area contributed by atoms with Crippen molar-refractivity contribution in [2.45, 2.75) is 97.1 Å². The minimum Gasteiger partial charge on any atom is -0.489 e. The van der Waals surface area contributed by atoms with Crippen LogP contribution in [0.25, 0.3) is 17.0 Å². The molecule has 0 aromatic heterocycles. The number of halogens is 4. The molecule has 7 nitrogen and oxygen atoms in total. The lowest BCUT2D eigenvalue weighted by Crippen LogP contribution is -2.40. The Bertz CT molecular complexity index is 1840. The summed E-state index contributed by atoms with van der Waals surface area (Å²) in [5.41, 5.74) is 2.66.